The summed E-state index contributed by atoms with van der Waals surface area (Å²) in [5, 5.41) is 2.95. The molecule has 1 N–H and O–H groups in total. The smallest absolute Gasteiger partial charge is 0.251 e. The summed E-state index contributed by atoms with van der Waals surface area (Å²) in [5.74, 6) is 0.658. The quantitative estimate of drug-likeness (QED) is 0.814. The molecular weight excluding hydrogens is 254 g/mol. The number of hydrogen-bond acceptors (Lipinski definition) is 3. The van der Waals surface area contributed by atoms with E-state index >= 15 is 0 Å². The van der Waals surface area contributed by atoms with Gasteiger partial charge in [0.05, 0.1) is 13.7 Å². The minimum absolute atomic E-state index is 0.0862. The van der Waals surface area contributed by atoms with Crippen molar-refractivity contribution in [3.8, 4) is 5.75 Å². The SMILES string of the molecule is CCCOCc1cc(C(=O)NC(C)(C)C)ccc1OC. The highest BCUT2D eigenvalue weighted by Crippen LogP contribution is 2.21. The van der Waals surface area contributed by atoms with Gasteiger partial charge in [0, 0.05) is 23.3 Å². The zero-order valence-electron chi connectivity index (χ0n) is 13.1. The summed E-state index contributed by atoms with van der Waals surface area (Å²) >= 11 is 0. The van der Waals surface area contributed by atoms with E-state index in [9.17, 15) is 4.79 Å². The van der Waals surface area contributed by atoms with E-state index in [0.29, 0.717) is 18.8 Å². The van der Waals surface area contributed by atoms with E-state index in [1.807, 2.05) is 32.9 Å². The Balaban J connectivity index is 2.88. The Labute approximate surface area is 121 Å². The van der Waals surface area contributed by atoms with Crippen LogP contribution >= 0.6 is 0 Å². The minimum Gasteiger partial charge on any atom is -0.496 e. The summed E-state index contributed by atoms with van der Waals surface area (Å²) in [5.41, 5.74) is 1.26. The van der Waals surface area contributed by atoms with E-state index in [1.54, 1.807) is 13.2 Å². The number of benzene rings is 1. The normalized spacial score (nSPS) is 11.2. The zero-order valence-corrected chi connectivity index (χ0v) is 13.1. The summed E-state index contributed by atoms with van der Waals surface area (Å²) < 4.78 is 10.8. The Kier molecular flexibility index (Phi) is 6.02. The van der Waals surface area contributed by atoms with Crippen LogP contribution in [0.1, 0.15) is 50.0 Å². The van der Waals surface area contributed by atoms with Crippen LogP contribution in [0.5, 0.6) is 5.75 Å². The fourth-order valence-electron chi connectivity index (χ4n) is 1.77. The number of hydrogen-bond donors (Lipinski definition) is 1. The van der Waals surface area contributed by atoms with Crippen molar-refractivity contribution in [3.63, 3.8) is 0 Å². The van der Waals surface area contributed by atoms with Crippen LogP contribution in [-0.4, -0.2) is 25.2 Å². The molecule has 0 radical (unpaired) electrons. The topological polar surface area (TPSA) is 47.6 Å². The largest absolute Gasteiger partial charge is 0.496 e. The molecule has 0 aliphatic carbocycles. The molecule has 20 heavy (non-hydrogen) atoms. The second-order valence-electron chi connectivity index (χ2n) is 5.78. The van der Waals surface area contributed by atoms with Crippen LogP contribution in [0.25, 0.3) is 0 Å². The molecule has 0 aromatic heterocycles. The van der Waals surface area contributed by atoms with Gasteiger partial charge in [0.15, 0.2) is 0 Å². The van der Waals surface area contributed by atoms with E-state index < -0.39 is 0 Å². The lowest BCUT2D eigenvalue weighted by Gasteiger charge is -2.21. The van der Waals surface area contributed by atoms with E-state index in [2.05, 4.69) is 12.2 Å². The molecule has 0 aliphatic rings. The summed E-state index contributed by atoms with van der Waals surface area (Å²) in [7, 11) is 1.62. The Morgan fingerprint density at radius 3 is 2.55 bits per heavy atom. The molecule has 0 saturated carbocycles. The number of rotatable bonds is 6. The minimum atomic E-state index is -0.254. The van der Waals surface area contributed by atoms with Crippen LogP contribution in [0, 0.1) is 0 Å². The first-order chi connectivity index (χ1) is 9.37. The Bertz CT molecular complexity index is 450. The average molecular weight is 279 g/mol. The number of carbonyl (C=O) groups is 1. The van der Waals surface area contributed by atoms with Crippen molar-refractivity contribution in [3.05, 3.63) is 29.3 Å². The van der Waals surface area contributed by atoms with Gasteiger partial charge in [0.1, 0.15) is 5.75 Å². The number of ether oxygens (including phenoxy) is 2. The van der Waals surface area contributed by atoms with Crippen molar-refractivity contribution in [2.45, 2.75) is 46.3 Å². The molecule has 0 spiro atoms. The summed E-state index contributed by atoms with van der Waals surface area (Å²) in [6.45, 7) is 9.08. The lowest BCUT2D eigenvalue weighted by atomic mass is 10.1. The fourth-order valence-corrected chi connectivity index (χ4v) is 1.77. The molecule has 4 nitrogen and oxygen atoms in total. The van der Waals surface area contributed by atoms with Crippen LogP contribution < -0.4 is 10.1 Å². The molecule has 1 amide bonds. The van der Waals surface area contributed by atoms with Crippen molar-refractivity contribution in [1.29, 1.82) is 0 Å². The molecule has 112 valence electrons. The van der Waals surface area contributed by atoms with E-state index in [4.69, 9.17) is 9.47 Å². The zero-order chi connectivity index (χ0) is 15.2. The second-order valence-corrected chi connectivity index (χ2v) is 5.78. The molecule has 1 rings (SSSR count). The molecule has 0 atom stereocenters. The molecule has 0 unspecified atom stereocenters. The average Bonchev–Trinajstić information content (AvgIpc) is 2.37. The third-order valence-electron chi connectivity index (χ3n) is 2.64. The molecule has 4 heteroatoms. The third kappa shape index (κ3) is 5.21. The standard InChI is InChI=1S/C16H25NO3/c1-6-9-20-11-13-10-12(7-8-14(13)19-5)15(18)17-16(2,3)4/h7-8,10H,6,9,11H2,1-5H3,(H,17,18). The molecule has 0 aliphatic heterocycles. The summed E-state index contributed by atoms with van der Waals surface area (Å²) in [6.07, 6.45) is 0.965. The van der Waals surface area contributed by atoms with Crippen LogP contribution in [0.15, 0.2) is 18.2 Å². The van der Waals surface area contributed by atoms with Crippen molar-refractivity contribution in [2.75, 3.05) is 13.7 Å². The molecule has 0 heterocycles. The lowest BCUT2D eigenvalue weighted by Crippen LogP contribution is -2.40. The predicted octanol–water partition coefficient (Wildman–Crippen LogP) is 3.15. The van der Waals surface area contributed by atoms with Gasteiger partial charge < -0.3 is 14.8 Å². The third-order valence-corrected chi connectivity index (χ3v) is 2.64. The molecule has 0 bridgehead atoms. The van der Waals surface area contributed by atoms with Crippen molar-refractivity contribution in [1.82, 2.24) is 5.32 Å². The van der Waals surface area contributed by atoms with Gasteiger partial charge >= 0.3 is 0 Å². The summed E-state index contributed by atoms with van der Waals surface area (Å²) in [6, 6.07) is 5.40. The number of methoxy groups -OCH3 is 1. The van der Waals surface area contributed by atoms with E-state index in [1.165, 1.54) is 0 Å². The van der Waals surface area contributed by atoms with Gasteiger partial charge in [0.25, 0.3) is 5.91 Å². The highest BCUT2D eigenvalue weighted by molar-refractivity contribution is 5.95. The highest BCUT2D eigenvalue weighted by atomic mass is 16.5. The van der Waals surface area contributed by atoms with Crippen LogP contribution in [0.3, 0.4) is 0 Å². The first kappa shape index (κ1) is 16.5. The molecule has 1 aromatic rings. The molecular formula is C16H25NO3. The Morgan fingerprint density at radius 2 is 2.00 bits per heavy atom. The maximum Gasteiger partial charge on any atom is 0.251 e. The highest BCUT2D eigenvalue weighted by Gasteiger charge is 2.16. The van der Waals surface area contributed by atoms with Gasteiger partial charge in [-0.05, 0) is 45.4 Å². The molecule has 0 saturated heterocycles. The van der Waals surface area contributed by atoms with Crippen molar-refractivity contribution < 1.29 is 14.3 Å². The first-order valence-corrected chi connectivity index (χ1v) is 6.94. The second kappa shape index (κ2) is 7.29. The van der Waals surface area contributed by atoms with Crippen molar-refractivity contribution >= 4 is 5.91 Å². The molecule has 0 fully saturated rings. The fraction of sp³-hybridized carbons (Fsp3) is 0.562. The monoisotopic (exact) mass is 279 g/mol. The van der Waals surface area contributed by atoms with Crippen LogP contribution in [0.2, 0.25) is 0 Å². The number of amides is 1. The van der Waals surface area contributed by atoms with E-state index in [0.717, 1.165) is 17.7 Å². The van der Waals surface area contributed by atoms with Crippen LogP contribution in [0.4, 0.5) is 0 Å². The number of carbonyl (C=O) groups excluding carboxylic acids is 1. The van der Waals surface area contributed by atoms with Crippen LogP contribution in [-0.2, 0) is 11.3 Å². The maximum atomic E-state index is 12.1. The predicted molar refractivity (Wildman–Crippen MR) is 80.2 cm³/mol. The molecule has 1 aromatic carbocycles. The van der Waals surface area contributed by atoms with Gasteiger partial charge in [-0.3, -0.25) is 4.79 Å². The van der Waals surface area contributed by atoms with E-state index in [-0.39, 0.29) is 11.4 Å². The maximum absolute atomic E-state index is 12.1. The van der Waals surface area contributed by atoms with Gasteiger partial charge in [-0.25, -0.2) is 0 Å². The Morgan fingerprint density at radius 1 is 1.30 bits per heavy atom. The van der Waals surface area contributed by atoms with Crippen molar-refractivity contribution in [2.24, 2.45) is 0 Å². The first-order valence-electron chi connectivity index (χ1n) is 6.94. The lowest BCUT2D eigenvalue weighted by molar-refractivity contribution is 0.0918. The van der Waals surface area contributed by atoms with Gasteiger partial charge in [0.2, 0.25) is 0 Å². The summed E-state index contributed by atoms with van der Waals surface area (Å²) in [4.78, 5) is 12.1. The number of nitrogens with one attached hydrogen (secondary N) is 1. The van der Waals surface area contributed by atoms with Gasteiger partial charge in [-0.2, -0.15) is 0 Å². The Hall–Kier alpha value is -1.55. The van der Waals surface area contributed by atoms with Gasteiger partial charge in [-0.15, -0.1) is 0 Å². The van der Waals surface area contributed by atoms with Gasteiger partial charge in [-0.1, -0.05) is 6.92 Å².